The van der Waals surface area contributed by atoms with Crippen LogP contribution in [0.25, 0.3) is 0 Å². The summed E-state index contributed by atoms with van der Waals surface area (Å²) in [6.07, 6.45) is 3.86. The van der Waals surface area contributed by atoms with Crippen molar-refractivity contribution in [3.05, 3.63) is 0 Å². The van der Waals surface area contributed by atoms with Crippen molar-refractivity contribution in [2.45, 2.75) is 59.4 Å². The van der Waals surface area contributed by atoms with Gasteiger partial charge in [0, 0.05) is 12.1 Å². The standard InChI is InChI=1S/C11H26N2/c1-6-7-8-9-12-13-11(4,5)10(2)3/h10,12-13H,6-9H2,1-5H3. The predicted octanol–water partition coefficient (Wildman–Crippen LogP) is 2.71. The van der Waals surface area contributed by atoms with Gasteiger partial charge >= 0.3 is 0 Å². The van der Waals surface area contributed by atoms with Crippen molar-refractivity contribution in [3.8, 4) is 0 Å². The number of unbranched alkanes of at least 4 members (excludes halogenated alkanes) is 2. The van der Waals surface area contributed by atoms with Crippen molar-refractivity contribution in [2.75, 3.05) is 6.54 Å². The molecule has 0 fully saturated rings. The second-order valence-corrected chi connectivity index (χ2v) is 4.64. The molecule has 0 radical (unpaired) electrons. The first-order valence-corrected chi connectivity index (χ1v) is 5.50. The van der Waals surface area contributed by atoms with Gasteiger partial charge in [-0.25, -0.2) is 0 Å². The van der Waals surface area contributed by atoms with Crippen molar-refractivity contribution >= 4 is 0 Å². The van der Waals surface area contributed by atoms with Gasteiger partial charge in [0.15, 0.2) is 0 Å². The first-order chi connectivity index (χ1) is 6.00. The first kappa shape index (κ1) is 12.9. The number of hydrogen-bond acceptors (Lipinski definition) is 2. The Morgan fingerprint density at radius 2 is 1.77 bits per heavy atom. The fourth-order valence-electron chi connectivity index (χ4n) is 0.898. The highest BCUT2D eigenvalue weighted by molar-refractivity contribution is 4.78. The van der Waals surface area contributed by atoms with Crippen LogP contribution in [0.3, 0.4) is 0 Å². The molecular formula is C11H26N2. The van der Waals surface area contributed by atoms with Gasteiger partial charge in [-0.05, 0) is 26.2 Å². The zero-order chi connectivity index (χ0) is 10.3. The van der Waals surface area contributed by atoms with E-state index in [0.29, 0.717) is 5.92 Å². The number of hydrazine groups is 1. The molecule has 0 aliphatic rings. The van der Waals surface area contributed by atoms with E-state index in [1.807, 2.05) is 0 Å². The van der Waals surface area contributed by atoms with Crippen molar-refractivity contribution in [1.82, 2.24) is 10.9 Å². The van der Waals surface area contributed by atoms with Gasteiger partial charge in [-0.3, -0.25) is 10.9 Å². The fourth-order valence-corrected chi connectivity index (χ4v) is 0.898. The van der Waals surface area contributed by atoms with Gasteiger partial charge in [0.2, 0.25) is 0 Å². The summed E-state index contributed by atoms with van der Waals surface area (Å²) in [5.41, 5.74) is 6.85. The van der Waals surface area contributed by atoms with E-state index >= 15 is 0 Å². The fraction of sp³-hybridized carbons (Fsp3) is 1.00. The van der Waals surface area contributed by atoms with E-state index in [4.69, 9.17) is 0 Å². The third-order valence-electron chi connectivity index (χ3n) is 2.76. The summed E-state index contributed by atoms with van der Waals surface area (Å²) in [6.45, 7) is 12.2. The molecule has 0 saturated carbocycles. The van der Waals surface area contributed by atoms with E-state index in [9.17, 15) is 0 Å². The Morgan fingerprint density at radius 3 is 2.23 bits per heavy atom. The number of nitrogens with one attached hydrogen (secondary N) is 2. The van der Waals surface area contributed by atoms with Gasteiger partial charge < -0.3 is 0 Å². The lowest BCUT2D eigenvalue weighted by Gasteiger charge is -2.30. The van der Waals surface area contributed by atoms with Crippen molar-refractivity contribution < 1.29 is 0 Å². The maximum Gasteiger partial charge on any atom is 0.0290 e. The minimum absolute atomic E-state index is 0.187. The second-order valence-electron chi connectivity index (χ2n) is 4.64. The van der Waals surface area contributed by atoms with Crippen molar-refractivity contribution in [2.24, 2.45) is 5.92 Å². The van der Waals surface area contributed by atoms with E-state index in [2.05, 4.69) is 45.5 Å². The highest BCUT2D eigenvalue weighted by atomic mass is 15.4. The Hall–Kier alpha value is -0.0800. The lowest BCUT2D eigenvalue weighted by Crippen LogP contribution is -2.51. The summed E-state index contributed by atoms with van der Waals surface area (Å²) in [6, 6.07) is 0. The lowest BCUT2D eigenvalue weighted by atomic mass is 9.92. The maximum atomic E-state index is 3.37. The molecule has 0 aromatic rings. The van der Waals surface area contributed by atoms with Crippen LogP contribution in [0.2, 0.25) is 0 Å². The van der Waals surface area contributed by atoms with Gasteiger partial charge in [-0.1, -0.05) is 33.6 Å². The summed E-state index contributed by atoms with van der Waals surface area (Å²) in [7, 11) is 0. The van der Waals surface area contributed by atoms with Crippen LogP contribution in [0.5, 0.6) is 0 Å². The summed E-state index contributed by atoms with van der Waals surface area (Å²) in [5, 5.41) is 0. The molecule has 13 heavy (non-hydrogen) atoms. The third kappa shape index (κ3) is 6.05. The molecule has 0 saturated heterocycles. The van der Waals surface area contributed by atoms with Crippen molar-refractivity contribution in [3.63, 3.8) is 0 Å². The minimum Gasteiger partial charge on any atom is -0.257 e. The molecule has 0 spiro atoms. The normalized spacial score (nSPS) is 12.5. The third-order valence-corrected chi connectivity index (χ3v) is 2.76. The molecule has 80 valence electrons. The summed E-state index contributed by atoms with van der Waals surface area (Å²) in [4.78, 5) is 0. The summed E-state index contributed by atoms with van der Waals surface area (Å²) >= 11 is 0. The van der Waals surface area contributed by atoms with E-state index in [-0.39, 0.29) is 5.54 Å². The number of hydrogen-bond donors (Lipinski definition) is 2. The van der Waals surface area contributed by atoms with Gasteiger partial charge in [-0.2, -0.15) is 0 Å². The molecule has 0 aliphatic heterocycles. The zero-order valence-corrected chi connectivity index (χ0v) is 9.91. The molecule has 0 amide bonds. The Balaban J connectivity index is 3.41. The highest BCUT2D eigenvalue weighted by Crippen LogP contribution is 2.13. The molecule has 0 bridgehead atoms. The molecule has 0 aromatic heterocycles. The van der Waals surface area contributed by atoms with Gasteiger partial charge in [-0.15, -0.1) is 0 Å². The van der Waals surface area contributed by atoms with Crippen LogP contribution < -0.4 is 10.9 Å². The smallest absolute Gasteiger partial charge is 0.0290 e. The Labute approximate surface area is 83.5 Å². The van der Waals surface area contributed by atoms with Crippen LogP contribution in [-0.2, 0) is 0 Å². The lowest BCUT2D eigenvalue weighted by molar-refractivity contribution is 0.249. The van der Waals surface area contributed by atoms with E-state index < -0.39 is 0 Å². The molecule has 0 aromatic carbocycles. The zero-order valence-electron chi connectivity index (χ0n) is 9.91. The quantitative estimate of drug-likeness (QED) is 0.472. The Morgan fingerprint density at radius 1 is 1.15 bits per heavy atom. The average Bonchev–Trinajstić information content (AvgIpc) is 2.03. The first-order valence-electron chi connectivity index (χ1n) is 5.50. The van der Waals surface area contributed by atoms with E-state index in [1.165, 1.54) is 19.3 Å². The maximum absolute atomic E-state index is 3.37. The van der Waals surface area contributed by atoms with Crippen LogP contribution in [0.4, 0.5) is 0 Å². The van der Waals surface area contributed by atoms with Crippen LogP contribution in [0, 0.1) is 5.92 Å². The predicted molar refractivity (Wildman–Crippen MR) is 59.6 cm³/mol. The molecule has 0 atom stereocenters. The minimum atomic E-state index is 0.187. The Kier molecular flexibility index (Phi) is 6.35. The van der Waals surface area contributed by atoms with Crippen molar-refractivity contribution in [1.29, 1.82) is 0 Å². The number of rotatable bonds is 7. The largest absolute Gasteiger partial charge is 0.257 e. The summed E-state index contributed by atoms with van der Waals surface area (Å²) in [5.74, 6) is 0.645. The second kappa shape index (κ2) is 6.39. The molecule has 2 nitrogen and oxygen atoms in total. The van der Waals surface area contributed by atoms with Gasteiger partial charge in [0.25, 0.3) is 0 Å². The SMILES string of the molecule is CCCCCNNC(C)(C)C(C)C. The van der Waals surface area contributed by atoms with Gasteiger partial charge in [0.1, 0.15) is 0 Å². The van der Waals surface area contributed by atoms with Crippen LogP contribution in [0.15, 0.2) is 0 Å². The topological polar surface area (TPSA) is 24.1 Å². The molecule has 0 unspecified atom stereocenters. The molecular weight excluding hydrogens is 160 g/mol. The van der Waals surface area contributed by atoms with E-state index in [0.717, 1.165) is 6.54 Å². The molecule has 2 heteroatoms. The van der Waals surface area contributed by atoms with E-state index in [1.54, 1.807) is 0 Å². The molecule has 0 aliphatic carbocycles. The molecule has 0 heterocycles. The summed E-state index contributed by atoms with van der Waals surface area (Å²) < 4.78 is 0. The van der Waals surface area contributed by atoms with Crippen LogP contribution in [-0.4, -0.2) is 12.1 Å². The van der Waals surface area contributed by atoms with Gasteiger partial charge in [0.05, 0.1) is 0 Å². The van der Waals surface area contributed by atoms with Crippen LogP contribution >= 0.6 is 0 Å². The van der Waals surface area contributed by atoms with Crippen LogP contribution in [0.1, 0.15) is 53.9 Å². The Bertz CT molecular complexity index is 119. The molecule has 0 rings (SSSR count). The highest BCUT2D eigenvalue weighted by Gasteiger charge is 2.20. The average molecular weight is 186 g/mol. The molecule has 2 N–H and O–H groups in total. The monoisotopic (exact) mass is 186 g/mol.